The van der Waals surface area contributed by atoms with Crippen LogP contribution in [0.15, 0.2) is 77.9 Å². The first-order valence-electron chi connectivity index (χ1n) is 10.5. The van der Waals surface area contributed by atoms with E-state index in [2.05, 4.69) is 15.8 Å². The van der Waals surface area contributed by atoms with Gasteiger partial charge in [0.05, 0.1) is 11.1 Å². The number of aryl methyl sites for hydroxylation is 1. The second kappa shape index (κ2) is 11.9. The molecule has 3 aromatic carbocycles. The third-order valence-corrected chi connectivity index (χ3v) is 4.75. The number of carbonyl (C=O) groups is 2. The largest absolute Gasteiger partial charge is 0.488 e. The Morgan fingerprint density at radius 2 is 1.71 bits per heavy atom. The molecule has 0 aliphatic rings. The van der Waals surface area contributed by atoms with Gasteiger partial charge in [0.25, 0.3) is 5.69 Å². The normalized spacial score (nSPS) is 10.6. The molecule has 0 saturated carbocycles. The number of hydrogen-bond acceptors (Lipinski definition) is 6. The molecule has 0 bridgehead atoms. The molecule has 34 heavy (non-hydrogen) atoms. The predicted octanol–water partition coefficient (Wildman–Crippen LogP) is 4.35. The highest BCUT2D eigenvalue weighted by Gasteiger charge is 2.16. The third kappa shape index (κ3) is 7.27. The summed E-state index contributed by atoms with van der Waals surface area (Å²) in [4.78, 5) is 34.8. The van der Waals surface area contributed by atoms with E-state index in [1.807, 2.05) is 42.5 Å². The van der Waals surface area contributed by atoms with Gasteiger partial charge in [-0.15, -0.1) is 0 Å². The fraction of sp³-hybridized carbons (Fsp3) is 0.160. The van der Waals surface area contributed by atoms with Crippen LogP contribution < -0.4 is 15.5 Å². The van der Waals surface area contributed by atoms with E-state index in [0.717, 1.165) is 5.56 Å². The monoisotopic (exact) mass is 460 g/mol. The molecule has 0 aliphatic carbocycles. The smallest absolute Gasteiger partial charge is 0.293 e. The van der Waals surface area contributed by atoms with Crippen molar-refractivity contribution in [2.45, 2.75) is 26.4 Å². The van der Waals surface area contributed by atoms with Crippen molar-refractivity contribution in [2.24, 2.45) is 5.10 Å². The molecule has 0 aliphatic heterocycles. The summed E-state index contributed by atoms with van der Waals surface area (Å²) in [7, 11) is 0. The first-order chi connectivity index (χ1) is 16.4. The van der Waals surface area contributed by atoms with E-state index in [1.54, 1.807) is 25.1 Å². The lowest BCUT2D eigenvalue weighted by Crippen LogP contribution is -2.21. The Hall–Kier alpha value is -4.53. The van der Waals surface area contributed by atoms with E-state index in [-0.39, 0.29) is 24.2 Å². The number of para-hydroxylation sites is 1. The maximum atomic E-state index is 12.1. The van der Waals surface area contributed by atoms with Crippen LogP contribution in [-0.2, 0) is 16.2 Å². The molecular formula is C25H24N4O5. The van der Waals surface area contributed by atoms with Gasteiger partial charge in [0.2, 0.25) is 11.8 Å². The molecule has 0 atom stereocenters. The van der Waals surface area contributed by atoms with E-state index >= 15 is 0 Å². The Labute approximate surface area is 196 Å². The Balaban J connectivity index is 1.49. The third-order valence-electron chi connectivity index (χ3n) is 4.75. The minimum atomic E-state index is -0.564. The summed E-state index contributed by atoms with van der Waals surface area (Å²) in [5, 5.41) is 17.6. The molecule has 9 nitrogen and oxygen atoms in total. The summed E-state index contributed by atoms with van der Waals surface area (Å²) in [6, 6.07) is 21.5. The molecule has 0 saturated heterocycles. The van der Waals surface area contributed by atoms with Crippen LogP contribution in [-0.4, -0.2) is 23.0 Å². The van der Waals surface area contributed by atoms with Crippen molar-refractivity contribution in [1.29, 1.82) is 0 Å². The molecule has 2 amide bonds. The van der Waals surface area contributed by atoms with E-state index in [1.165, 1.54) is 18.3 Å². The van der Waals surface area contributed by atoms with Gasteiger partial charge in [-0.3, -0.25) is 19.7 Å². The van der Waals surface area contributed by atoms with E-state index in [9.17, 15) is 19.7 Å². The van der Waals surface area contributed by atoms with Crippen molar-refractivity contribution in [3.05, 3.63) is 99.6 Å². The number of hydrazone groups is 1. The van der Waals surface area contributed by atoms with Crippen molar-refractivity contribution in [3.63, 3.8) is 0 Å². The standard InChI is InChI=1S/C25H24N4O5/c1-18-11-12-21(22(15-18)29(32)33)27-24(30)13-14-25(31)28-26-16-20-9-5-6-10-23(20)34-17-19-7-3-2-4-8-19/h2-12,15-16H,13-14,17H2,1H3,(H,27,30)(H,28,31)/b26-16+. The summed E-state index contributed by atoms with van der Waals surface area (Å²) in [6.45, 7) is 2.11. The van der Waals surface area contributed by atoms with Gasteiger partial charge in [0.1, 0.15) is 18.0 Å². The van der Waals surface area contributed by atoms with Gasteiger partial charge in [0, 0.05) is 24.5 Å². The molecule has 2 N–H and O–H groups in total. The van der Waals surface area contributed by atoms with Crippen molar-refractivity contribution < 1.29 is 19.2 Å². The number of anilines is 1. The number of carbonyl (C=O) groups excluding carboxylic acids is 2. The predicted molar refractivity (Wildman–Crippen MR) is 129 cm³/mol. The summed E-state index contributed by atoms with van der Waals surface area (Å²) in [5.74, 6) is -0.360. The summed E-state index contributed by atoms with van der Waals surface area (Å²) in [6.07, 6.45) is 1.19. The number of amides is 2. The number of ether oxygens (including phenoxy) is 1. The highest BCUT2D eigenvalue weighted by Crippen LogP contribution is 2.25. The van der Waals surface area contributed by atoms with Crippen LogP contribution in [0.2, 0.25) is 0 Å². The molecule has 0 aromatic heterocycles. The Kier molecular flexibility index (Phi) is 8.45. The molecule has 3 aromatic rings. The number of nitrogens with one attached hydrogen (secondary N) is 2. The molecule has 9 heteroatoms. The van der Waals surface area contributed by atoms with Gasteiger partial charge < -0.3 is 10.1 Å². The van der Waals surface area contributed by atoms with Crippen molar-refractivity contribution in [2.75, 3.05) is 5.32 Å². The van der Waals surface area contributed by atoms with E-state index < -0.39 is 16.7 Å². The van der Waals surface area contributed by atoms with Crippen LogP contribution in [0.3, 0.4) is 0 Å². The van der Waals surface area contributed by atoms with Gasteiger partial charge in [-0.1, -0.05) is 48.5 Å². The number of hydrogen-bond donors (Lipinski definition) is 2. The average Bonchev–Trinajstić information content (AvgIpc) is 2.84. The Morgan fingerprint density at radius 3 is 2.47 bits per heavy atom. The lowest BCUT2D eigenvalue weighted by molar-refractivity contribution is -0.384. The average molecular weight is 460 g/mol. The second-order valence-corrected chi connectivity index (χ2v) is 7.43. The maximum absolute atomic E-state index is 12.1. The van der Waals surface area contributed by atoms with Crippen molar-refractivity contribution in [3.8, 4) is 5.75 Å². The second-order valence-electron chi connectivity index (χ2n) is 7.43. The Bertz CT molecular complexity index is 1190. The lowest BCUT2D eigenvalue weighted by Gasteiger charge is -2.09. The molecule has 0 spiro atoms. The molecule has 174 valence electrons. The fourth-order valence-electron chi connectivity index (χ4n) is 3.02. The maximum Gasteiger partial charge on any atom is 0.293 e. The van der Waals surface area contributed by atoms with Crippen LogP contribution in [0.1, 0.15) is 29.5 Å². The topological polar surface area (TPSA) is 123 Å². The highest BCUT2D eigenvalue weighted by atomic mass is 16.6. The number of nitrogens with zero attached hydrogens (tertiary/aromatic N) is 2. The van der Waals surface area contributed by atoms with Crippen LogP contribution >= 0.6 is 0 Å². The number of benzene rings is 3. The zero-order valence-corrected chi connectivity index (χ0v) is 18.6. The molecule has 3 rings (SSSR count). The molecule has 0 fully saturated rings. The zero-order chi connectivity index (χ0) is 24.3. The van der Waals surface area contributed by atoms with Crippen LogP contribution in [0.5, 0.6) is 5.75 Å². The number of nitro benzene ring substituents is 1. The highest BCUT2D eigenvalue weighted by molar-refractivity contribution is 5.95. The SMILES string of the molecule is Cc1ccc(NC(=O)CCC(=O)N/N=C/c2ccccc2OCc2ccccc2)c([N+](=O)[O-])c1. The number of nitro groups is 1. The van der Waals surface area contributed by atoms with Gasteiger partial charge >= 0.3 is 0 Å². The number of rotatable bonds is 10. The van der Waals surface area contributed by atoms with Crippen LogP contribution in [0.25, 0.3) is 0 Å². The zero-order valence-electron chi connectivity index (χ0n) is 18.6. The van der Waals surface area contributed by atoms with Crippen LogP contribution in [0, 0.1) is 17.0 Å². The molecular weight excluding hydrogens is 436 g/mol. The van der Waals surface area contributed by atoms with Gasteiger partial charge in [0.15, 0.2) is 0 Å². The lowest BCUT2D eigenvalue weighted by atomic mass is 10.2. The molecule has 0 unspecified atom stereocenters. The van der Waals surface area contributed by atoms with Gasteiger partial charge in [-0.05, 0) is 36.2 Å². The molecule has 0 radical (unpaired) electrons. The molecule has 0 heterocycles. The minimum Gasteiger partial charge on any atom is -0.488 e. The van der Waals surface area contributed by atoms with Gasteiger partial charge in [-0.25, -0.2) is 5.43 Å². The van der Waals surface area contributed by atoms with Crippen molar-refractivity contribution in [1.82, 2.24) is 5.43 Å². The van der Waals surface area contributed by atoms with E-state index in [4.69, 9.17) is 4.74 Å². The quantitative estimate of drug-likeness (QED) is 0.264. The summed E-state index contributed by atoms with van der Waals surface area (Å²) >= 11 is 0. The van der Waals surface area contributed by atoms with E-state index in [0.29, 0.717) is 23.5 Å². The summed E-state index contributed by atoms with van der Waals surface area (Å²) in [5.41, 5.74) is 4.68. The van der Waals surface area contributed by atoms with Crippen molar-refractivity contribution >= 4 is 29.4 Å². The van der Waals surface area contributed by atoms with Gasteiger partial charge in [-0.2, -0.15) is 5.10 Å². The Morgan fingerprint density at radius 1 is 1.00 bits per heavy atom. The minimum absolute atomic E-state index is 0.0890. The fourth-order valence-corrected chi connectivity index (χ4v) is 3.02. The first kappa shape index (κ1) is 24.1. The first-order valence-corrected chi connectivity index (χ1v) is 10.5. The van der Waals surface area contributed by atoms with Crippen LogP contribution in [0.4, 0.5) is 11.4 Å². The summed E-state index contributed by atoms with van der Waals surface area (Å²) < 4.78 is 5.85.